The van der Waals surface area contributed by atoms with Crippen LogP contribution in [0.25, 0.3) is 11.3 Å². The van der Waals surface area contributed by atoms with Gasteiger partial charge in [0.2, 0.25) is 0 Å². The summed E-state index contributed by atoms with van der Waals surface area (Å²) in [6.45, 7) is 9.90. The van der Waals surface area contributed by atoms with Crippen molar-refractivity contribution in [3.05, 3.63) is 35.4 Å². The second kappa shape index (κ2) is 7.07. The molecule has 2 aromatic rings. The fourth-order valence-corrected chi connectivity index (χ4v) is 2.14. The predicted molar refractivity (Wildman–Crippen MR) is 86.9 cm³/mol. The monoisotopic (exact) mass is 285 g/mol. The summed E-state index contributed by atoms with van der Waals surface area (Å²) in [6, 6.07) is 8.04. The maximum atomic E-state index is 5.61. The van der Waals surface area contributed by atoms with Gasteiger partial charge in [0.25, 0.3) is 0 Å². The Bertz CT molecular complexity index is 594. The van der Waals surface area contributed by atoms with Crippen molar-refractivity contribution in [2.45, 2.75) is 34.1 Å². The molecule has 0 aliphatic carbocycles. The Balaban J connectivity index is 2.27. The molecule has 1 aromatic heterocycles. The molecule has 0 bridgehead atoms. The van der Waals surface area contributed by atoms with Crippen molar-refractivity contribution in [2.75, 3.05) is 18.5 Å². The number of ether oxygens (including phenoxy) is 1. The van der Waals surface area contributed by atoms with Crippen LogP contribution in [-0.4, -0.2) is 23.3 Å². The lowest BCUT2D eigenvalue weighted by molar-refractivity contribution is 0.317. The lowest BCUT2D eigenvalue weighted by Gasteiger charge is -2.12. The van der Waals surface area contributed by atoms with Crippen molar-refractivity contribution in [1.29, 1.82) is 0 Å². The molecule has 0 aliphatic rings. The summed E-state index contributed by atoms with van der Waals surface area (Å²) in [7, 11) is 0. The van der Waals surface area contributed by atoms with Gasteiger partial charge in [0.15, 0.2) is 5.82 Å². The fourth-order valence-electron chi connectivity index (χ4n) is 2.14. The van der Waals surface area contributed by atoms with E-state index in [0.29, 0.717) is 0 Å². The largest absolute Gasteiger partial charge is 0.494 e. The summed E-state index contributed by atoms with van der Waals surface area (Å²) in [6.07, 6.45) is 1.01. The van der Waals surface area contributed by atoms with Crippen molar-refractivity contribution >= 4 is 5.82 Å². The topological polar surface area (TPSA) is 47.0 Å². The first-order valence-corrected chi connectivity index (χ1v) is 7.48. The van der Waals surface area contributed by atoms with Crippen molar-refractivity contribution in [3.8, 4) is 17.0 Å². The molecular formula is C17H23N3O. The quantitative estimate of drug-likeness (QED) is 0.872. The highest BCUT2D eigenvalue weighted by atomic mass is 16.5. The van der Waals surface area contributed by atoms with Gasteiger partial charge < -0.3 is 10.1 Å². The number of benzene rings is 1. The molecular weight excluding hydrogens is 262 g/mol. The second-order valence-electron chi connectivity index (χ2n) is 5.05. The highest BCUT2D eigenvalue weighted by Gasteiger charge is 2.11. The van der Waals surface area contributed by atoms with Crippen molar-refractivity contribution in [1.82, 2.24) is 10.2 Å². The standard InChI is InChI=1S/C17H23N3O/c1-5-11-21-15-9-7-14(8-10-15)16-12(3)13(4)17(18-6-2)20-19-16/h7-10H,5-6,11H2,1-4H3,(H,18,20). The molecule has 4 heteroatoms. The van der Waals surface area contributed by atoms with Crippen LogP contribution in [0, 0.1) is 13.8 Å². The third kappa shape index (κ3) is 3.51. The van der Waals surface area contributed by atoms with Crippen LogP contribution >= 0.6 is 0 Å². The third-order valence-electron chi connectivity index (χ3n) is 3.47. The summed E-state index contributed by atoms with van der Waals surface area (Å²) in [5.74, 6) is 1.76. The molecule has 0 saturated heterocycles. The van der Waals surface area contributed by atoms with Crippen LogP contribution < -0.4 is 10.1 Å². The normalized spacial score (nSPS) is 10.5. The summed E-state index contributed by atoms with van der Waals surface area (Å²) < 4.78 is 5.61. The van der Waals surface area contributed by atoms with Crippen LogP contribution in [0.4, 0.5) is 5.82 Å². The maximum absolute atomic E-state index is 5.61. The van der Waals surface area contributed by atoms with Gasteiger partial charge in [-0.3, -0.25) is 0 Å². The van der Waals surface area contributed by atoms with Crippen LogP contribution in [0.1, 0.15) is 31.4 Å². The van der Waals surface area contributed by atoms with E-state index in [9.17, 15) is 0 Å². The molecule has 0 aliphatic heterocycles. The number of rotatable bonds is 6. The van der Waals surface area contributed by atoms with Crippen molar-refractivity contribution in [2.24, 2.45) is 0 Å². The average molecular weight is 285 g/mol. The molecule has 1 aromatic carbocycles. The van der Waals surface area contributed by atoms with Crippen LogP contribution in [0.3, 0.4) is 0 Å². The number of aromatic nitrogens is 2. The fraction of sp³-hybridized carbons (Fsp3) is 0.412. The number of hydrogen-bond donors (Lipinski definition) is 1. The number of nitrogens with one attached hydrogen (secondary N) is 1. The zero-order valence-corrected chi connectivity index (χ0v) is 13.2. The van der Waals surface area contributed by atoms with Crippen LogP contribution in [-0.2, 0) is 0 Å². The van der Waals surface area contributed by atoms with Crippen LogP contribution in [0.2, 0.25) is 0 Å². The zero-order valence-electron chi connectivity index (χ0n) is 13.2. The summed E-state index contributed by atoms with van der Waals surface area (Å²) >= 11 is 0. The van der Waals surface area contributed by atoms with Gasteiger partial charge in [-0.25, -0.2) is 0 Å². The third-order valence-corrected chi connectivity index (χ3v) is 3.47. The van der Waals surface area contributed by atoms with Crippen molar-refractivity contribution < 1.29 is 4.74 Å². The van der Waals surface area contributed by atoms with Crippen LogP contribution in [0.5, 0.6) is 5.75 Å². The lowest BCUT2D eigenvalue weighted by atomic mass is 10.0. The number of nitrogens with zero attached hydrogens (tertiary/aromatic N) is 2. The second-order valence-corrected chi connectivity index (χ2v) is 5.05. The maximum Gasteiger partial charge on any atom is 0.151 e. The van der Waals surface area contributed by atoms with E-state index in [4.69, 9.17) is 4.74 Å². The highest BCUT2D eigenvalue weighted by Crippen LogP contribution is 2.27. The van der Waals surface area contributed by atoms with Crippen molar-refractivity contribution in [3.63, 3.8) is 0 Å². The number of hydrogen-bond acceptors (Lipinski definition) is 4. The minimum absolute atomic E-state index is 0.745. The molecule has 1 heterocycles. The van der Waals surface area contributed by atoms with E-state index in [1.807, 2.05) is 24.3 Å². The van der Waals surface area contributed by atoms with E-state index >= 15 is 0 Å². The first-order chi connectivity index (χ1) is 10.2. The van der Waals surface area contributed by atoms with E-state index in [-0.39, 0.29) is 0 Å². The van der Waals surface area contributed by atoms with E-state index in [1.54, 1.807) is 0 Å². The summed E-state index contributed by atoms with van der Waals surface area (Å²) in [4.78, 5) is 0. The first kappa shape index (κ1) is 15.3. The van der Waals surface area contributed by atoms with Gasteiger partial charge in [0.1, 0.15) is 5.75 Å². The predicted octanol–water partition coefficient (Wildman–Crippen LogP) is 3.98. The Morgan fingerprint density at radius 1 is 1.00 bits per heavy atom. The Kier molecular flexibility index (Phi) is 5.14. The van der Waals surface area contributed by atoms with E-state index < -0.39 is 0 Å². The molecule has 0 radical (unpaired) electrons. The molecule has 4 nitrogen and oxygen atoms in total. The minimum Gasteiger partial charge on any atom is -0.494 e. The molecule has 2 rings (SSSR count). The molecule has 0 atom stereocenters. The van der Waals surface area contributed by atoms with Gasteiger partial charge in [-0.15, -0.1) is 10.2 Å². The molecule has 0 saturated carbocycles. The molecule has 0 amide bonds. The summed E-state index contributed by atoms with van der Waals surface area (Å²) in [5, 5.41) is 11.9. The SMILES string of the molecule is CCCOc1ccc(-c2nnc(NCC)c(C)c2C)cc1. The Morgan fingerprint density at radius 3 is 2.33 bits per heavy atom. The van der Waals surface area contributed by atoms with Gasteiger partial charge in [0.05, 0.1) is 12.3 Å². The van der Waals surface area contributed by atoms with E-state index in [0.717, 1.165) is 53.5 Å². The lowest BCUT2D eigenvalue weighted by Crippen LogP contribution is -2.06. The van der Waals surface area contributed by atoms with Gasteiger partial charge in [-0.1, -0.05) is 6.92 Å². The average Bonchev–Trinajstić information content (AvgIpc) is 2.51. The van der Waals surface area contributed by atoms with E-state index in [1.165, 1.54) is 0 Å². The molecule has 0 fully saturated rings. The van der Waals surface area contributed by atoms with Gasteiger partial charge in [0, 0.05) is 12.1 Å². The molecule has 21 heavy (non-hydrogen) atoms. The molecule has 112 valence electrons. The van der Waals surface area contributed by atoms with Gasteiger partial charge in [-0.05, 0) is 62.6 Å². The Labute approximate surface area is 126 Å². The van der Waals surface area contributed by atoms with Gasteiger partial charge >= 0.3 is 0 Å². The summed E-state index contributed by atoms with van der Waals surface area (Å²) in [5.41, 5.74) is 4.29. The van der Waals surface area contributed by atoms with Gasteiger partial charge in [-0.2, -0.15) is 0 Å². The zero-order chi connectivity index (χ0) is 15.2. The molecule has 0 spiro atoms. The smallest absolute Gasteiger partial charge is 0.151 e. The first-order valence-electron chi connectivity index (χ1n) is 7.48. The van der Waals surface area contributed by atoms with Crippen LogP contribution in [0.15, 0.2) is 24.3 Å². The molecule has 0 unspecified atom stereocenters. The number of anilines is 1. The highest BCUT2D eigenvalue weighted by molar-refractivity contribution is 5.67. The minimum atomic E-state index is 0.745. The van der Waals surface area contributed by atoms with E-state index in [2.05, 4.69) is 43.2 Å². The Morgan fingerprint density at radius 2 is 1.71 bits per heavy atom. The molecule has 1 N–H and O–H groups in total. The Hall–Kier alpha value is -2.10.